The van der Waals surface area contributed by atoms with E-state index in [1.165, 1.54) is 0 Å². The highest BCUT2D eigenvalue weighted by molar-refractivity contribution is 7.15. The van der Waals surface area contributed by atoms with Crippen LogP contribution in [0.4, 0.5) is 4.79 Å². The van der Waals surface area contributed by atoms with Crippen molar-refractivity contribution < 1.29 is 4.79 Å². The van der Waals surface area contributed by atoms with E-state index >= 15 is 0 Å². The van der Waals surface area contributed by atoms with Crippen LogP contribution in [0.15, 0.2) is 30.2 Å². The van der Waals surface area contributed by atoms with E-state index < -0.39 is 0 Å². The number of urea groups is 1. The number of nitrogens with one attached hydrogen (secondary N) is 1. The standard InChI is InChI=1S/C16H22N6OS/c1-4-6-21(11-14-17-5-7-20(14)3)15(23)18-12(2)13-10-22-8-9-24-16(22)19-13/h5,7-10,12H,4,6,11H2,1-3H3,(H,18,23)/t12-/m0/s1. The number of thiazole rings is 1. The van der Waals surface area contributed by atoms with Gasteiger partial charge in [-0.25, -0.2) is 14.8 Å². The van der Waals surface area contributed by atoms with E-state index in [4.69, 9.17) is 0 Å². The monoisotopic (exact) mass is 346 g/mol. The van der Waals surface area contributed by atoms with Gasteiger partial charge >= 0.3 is 6.03 Å². The maximum atomic E-state index is 12.7. The van der Waals surface area contributed by atoms with Gasteiger partial charge in [0, 0.05) is 43.8 Å². The van der Waals surface area contributed by atoms with Gasteiger partial charge in [-0.15, -0.1) is 11.3 Å². The van der Waals surface area contributed by atoms with Gasteiger partial charge < -0.3 is 14.8 Å². The Morgan fingerprint density at radius 1 is 1.46 bits per heavy atom. The molecule has 3 heterocycles. The third kappa shape index (κ3) is 3.43. The van der Waals surface area contributed by atoms with Crippen molar-refractivity contribution in [1.82, 2.24) is 29.2 Å². The molecule has 1 atom stereocenters. The molecule has 0 bridgehead atoms. The number of rotatable bonds is 6. The Kier molecular flexibility index (Phi) is 4.84. The number of amides is 2. The van der Waals surface area contributed by atoms with E-state index in [2.05, 4.69) is 22.2 Å². The average molecular weight is 346 g/mol. The predicted octanol–water partition coefficient (Wildman–Crippen LogP) is 2.81. The van der Waals surface area contributed by atoms with Crippen LogP contribution in [-0.4, -0.2) is 36.4 Å². The lowest BCUT2D eigenvalue weighted by Crippen LogP contribution is -2.41. The number of hydrogen-bond donors (Lipinski definition) is 1. The van der Waals surface area contributed by atoms with E-state index in [1.807, 2.05) is 46.9 Å². The molecule has 0 radical (unpaired) electrons. The Morgan fingerprint density at radius 2 is 2.29 bits per heavy atom. The fourth-order valence-corrected chi connectivity index (χ4v) is 3.25. The fraction of sp³-hybridized carbons (Fsp3) is 0.438. The van der Waals surface area contributed by atoms with Gasteiger partial charge in [0.05, 0.1) is 18.3 Å². The van der Waals surface area contributed by atoms with Crippen LogP contribution >= 0.6 is 11.3 Å². The number of hydrogen-bond acceptors (Lipinski definition) is 4. The summed E-state index contributed by atoms with van der Waals surface area (Å²) in [6, 6.07) is -0.242. The first-order valence-corrected chi connectivity index (χ1v) is 8.90. The highest BCUT2D eigenvalue weighted by Crippen LogP contribution is 2.17. The molecule has 0 aliphatic rings. The second kappa shape index (κ2) is 7.04. The summed E-state index contributed by atoms with van der Waals surface area (Å²) in [6.07, 6.45) is 8.46. The van der Waals surface area contributed by atoms with Crippen molar-refractivity contribution in [3.05, 3.63) is 41.7 Å². The van der Waals surface area contributed by atoms with Crippen molar-refractivity contribution in [1.29, 1.82) is 0 Å². The highest BCUT2D eigenvalue weighted by atomic mass is 32.1. The first-order chi connectivity index (χ1) is 11.6. The molecule has 0 fully saturated rings. The van der Waals surface area contributed by atoms with E-state index in [0.29, 0.717) is 13.1 Å². The molecule has 0 saturated heterocycles. The van der Waals surface area contributed by atoms with Gasteiger partial charge in [0.1, 0.15) is 5.82 Å². The number of imidazole rings is 2. The summed E-state index contributed by atoms with van der Waals surface area (Å²) in [5, 5.41) is 5.03. The molecule has 128 valence electrons. The number of carbonyl (C=O) groups excluding carboxylic acids is 1. The van der Waals surface area contributed by atoms with Gasteiger partial charge in [-0.3, -0.25) is 4.40 Å². The second-order valence-corrected chi connectivity index (χ2v) is 6.68. The smallest absolute Gasteiger partial charge is 0.318 e. The van der Waals surface area contributed by atoms with Gasteiger partial charge in [0.15, 0.2) is 4.96 Å². The molecule has 3 rings (SSSR count). The van der Waals surface area contributed by atoms with Crippen molar-refractivity contribution >= 4 is 22.3 Å². The molecule has 0 aliphatic heterocycles. The van der Waals surface area contributed by atoms with Gasteiger partial charge in [-0.1, -0.05) is 6.92 Å². The van der Waals surface area contributed by atoms with Crippen LogP contribution < -0.4 is 5.32 Å². The minimum atomic E-state index is -0.148. The Labute approximate surface area is 144 Å². The molecule has 0 unspecified atom stereocenters. The van der Waals surface area contributed by atoms with Crippen molar-refractivity contribution in [2.45, 2.75) is 32.9 Å². The van der Waals surface area contributed by atoms with Gasteiger partial charge in [-0.05, 0) is 13.3 Å². The predicted molar refractivity (Wildman–Crippen MR) is 93.9 cm³/mol. The third-order valence-corrected chi connectivity index (χ3v) is 4.70. The molecule has 8 heteroatoms. The Bertz CT molecular complexity index is 791. The Hall–Kier alpha value is -2.35. The van der Waals surface area contributed by atoms with Gasteiger partial charge in [-0.2, -0.15) is 0 Å². The molecule has 2 amide bonds. The zero-order valence-corrected chi connectivity index (χ0v) is 15.0. The molecule has 1 N–H and O–H groups in total. The van der Waals surface area contributed by atoms with E-state index in [1.54, 1.807) is 22.4 Å². The molecular weight excluding hydrogens is 324 g/mol. The number of fused-ring (bicyclic) bond motifs is 1. The summed E-state index contributed by atoms with van der Waals surface area (Å²) in [5.74, 6) is 0.869. The largest absolute Gasteiger partial charge is 0.337 e. The van der Waals surface area contributed by atoms with Crippen LogP contribution in [0.25, 0.3) is 4.96 Å². The van der Waals surface area contributed by atoms with Crippen LogP contribution in [0.1, 0.15) is 37.8 Å². The molecule has 0 spiro atoms. The lowest BCUT2D eigenvalue weighted by molar-refractivity contribution is 0.189. The normalized spacial score (nSPS) is 12.5. The third-order valence-electron chi connectivity index (χ3n) is 3.93. The molecule has 0 aliphatic carbocycles. The summed E-state index contributed by atoms with van der Waals surface area (Å²) >= 11 is 1.58. The maximum Gasteiger partial charge on any atom is 0.318 e. The molecule has 0 saturated carbocycles. The minimum absolute atomic E-state index is 0.0938. The van der Waals surface area contributed by atoms with Crippen molar-refractivity contribution in [3.8, 4) is 0 Å². The first-order valence-electron chi connectivity index (χ1n) is 8.02. The number of carbonyl (C=O) groups is 1. The van der Waals surface area contributed by atoms with Gasteiger partial charge in [0.2, 0.25) is 0 Å². The summed E-state index contributed by atoms with van der Waals surface area (Å²) in [4.78, 5) is 24.2. The fourth-order valence-electron chi connectivity index (χ4n) is 2.55. The van der Waals surface area contributed by atoms with Crippen LogP contribution in [0.5, 0.6) is 0 Å². The molecular formula is C16H22N6OS. The highest BCUT2D eigenvalue weighted by Gasteiger charge is 2.19. The summed E-state index contributed by atoms with van der Waals surface area (Å²) in [5.41, 5.74) is 0.864. The summed E-state index contributed by atoms with van der Waals surface area (Å²) in [7, 11) is 1.94. The van der Waals surface area contributed by atoms with Crippen molar-refractivity contribution in [2.24, 2.45) is 7.05 Å². The molecule has 24 heavy (non-hydrogen) atoms. The number of nitrogens with zero attached hydrogens (tertiary/aromatic N) is 5. The molecule has 0 aromatic carbocycles. The zero-order chi connectivity index (χ0) is 17.1. The van der Waals surface area contributed by atoms with Gasteiger partial charge in [0.25, 0.3) is 0 Å². The first kappa shape index (κ1) is 16.5. The van der Waals surface area contributed by atoms with E-state index in [9.17, 15) is 4.79 Å². The molecule has 3 aromatic heterocycles. The van der Waals surface area contributed by atoms with Crippen LogP contribution in [0, 0.1) is 0 Å². The van der Waals surface area contributed by atoms with Crippen LogP contribution in [0.2, 0.25) is 0 Å². The second-order valence-electron chi connectivity index (χ2n) is 5.81. The SMILES string of the molecule is CCCN(Cc1nccn1C)C(=O)N[C@@H](C)c1cn2ccsc2n1. The zero-order valence-electron chi connectivity index (χ0n) is 14.1. The molecule has 7 nitrogen and oxygen atoms in total. The van der Waals surface area contributed by atoms with Crippen LogP contribution in [0.3, 0.4) is 0 Å². The van der Waals surface area contributed by atoms with Crippen LogP contribution in [-0.2, 0) is 13.6 Å². The lowest BCUT2D eigenvalue weighted by atomic mass is 10.2. The Morgan fingerprint density at radius 3 is 2.96 bits per heavy atom. The summed E-state index contributed by atoms with van der Waals surface area (Å²) in [6.45, 7) is 5.19. The maximum absolute atomic E-state index is 12.7. The Balaban J connectivity index is 1.68. The average Bonchev–Trinajstić information content (AvgIpc) is 3.23. The van der Waals surface area contributed by atoms with Crippen molar-refractivity contribution in [3.63, 3.8) is 0 Å². The van der Waals surface area contributed by atoms with E-state index in [0.717, 1.165) is 22.9 Å². The lowest BCUT2D eigenvalue weighted by Gasteiger charge is -2.24. The van der Waals surface area contributed by atoms with Crippen molar-refractivity contribution in [2.75, 3.05) is 6.54 Å². The summed E-state index contributed by atoms with van der Waals surface area (Å²) < 4.78 is 3.91. The number of aromatic nitrogens is 4. The molecule has 3 aromatic rings. The quantitative estimate of drug-likeness (QED) is 0.746. The topological polar surface area (TPSA) is 67.5 Å². The number of aryl methyl sites for hydroxylation is 1. The van der Waals surface area contributed by atoms with E-state index in [-0.39, 0.29) is 12.1 Å². The minimum Gasteiger partial charge on any atom is -0.337 e.